The van der Waals surface area contributed by atoms with E-state index < -0.39 is 11.4 Å². The van der Waals surface area contributed by atoms with Gasteiger partial charge in [-0.3, -0.25) is 9.48 Å². The molecule has 5 rings (SSSR count). The van der Waals surface area contributed by atoms with Gasteiger partial charge in [0.25, 0.3) is 5.56 Å². The normalized spacial score (nSPS) is 11.9. The summed E-state index contributed by atoms with van der Waals surface area (Å²) in [5.74, 6) is 0.132. The van der Waals surface area contributed by atoms with Crippen LogP contribution >= 0.6 is 0 Å². The number of hydrogen-bond donors (Lipinski definition) is 2. The molecule has 178 valence electrons. The highest BCUT2D eigenvalue weighted by Gasteiger charge is 2.22. The molecule has 35 heavy (non-hydrogen) atoms. The monoisotopic (exact) mass is 474 g/mol. The van der Waals surface area contributed by atoms with Gasteiger partial charge in [0.05, 0.1) is 29.3 Å². The SMILES string of the molecule is C=CCn1c(=O)c2cnc(Nc3cc(F)c4cnn(C)c4c3)nc2n1-c1cccc(C(C)(C)O)n1. The predicted octanol–water partition coefficient (Wildman–Crippen LogP) is 3.16. The van der Waals surface area contributed by atoms with Crippen molar-refractivity contribution in [1.29, 1.82) is 0 Å². The van der Waals surface area contributed by atoms with Gasteiger partial charge in [-0.25, -0.2) is 23.7 Å². The number of nitrogens with zero attached hydrogens (tertiary/aromatic N) is 7. The van der Waals surface area contributed by atoms with Crippen LogP contribution in [0.25, 0.3) is 27.8 Å². The minimum atomic E-state index is -1.18. The van der Waals surface area contributed by atoms with Crippen LogP contribution in [0.4, 0.5) is 16.0 Å². The zero-order valence-electron chi connectivity index (χ0n) is 19.4. The lowest BCUT2D eigenvalue weighted by atomic mass is 10.1. The van der Waals surface area contributed by atoms with Crippen LogP contribution in [0.5, 0.6) is 0 Å². The van der Waals surface area contributed by atoms with Crippen LogP contribution in [0.15, 0.2) is 60.2 Å². The molecule has 0 radical (unpaired) electrons. The topological polar surface area (TPSA) is 116 Å². The lowest BCUT2D eigenvalue weighted by molar-refractivity contribution is 0.0738. The highest BCUT2D eigenvalue weighted by molar-refractivity contribution is 5.84. The number of allylic oxidation sites excluding steroid dienone is 1. The Bertz CT molecular complexity index is 1660. The van der Waals surface area contributed by atoms with Gasteiger partial charge in [0, 0.05) is 18.9 Å². The second-order valence-corrected chi connectivity index (χ2v) is 8.64. The molecular weight excluding hydrogens is 451 g/mol. The molecule has 0 aliphatic heterocycles. The number of aryl methyl sites for hydroxylation is 1. The molecule has 0 bridgehead atoms. The first kappa shape index (κ1) is 22.4. The Morgan fingerprint density at radius 3 is 2.74 bits per heavy atom. The maximum atomic E-state index is 14.6. The lowest BCUT2D eigenvalue weighted by Crippen LogP contribution is -2.23. The summed E-state index contributed by atoms with van der Waals surface area (Å²) in [6.07, 6.45) is 4.48. The van der Waals surface area contributed by atoms with E-state index in [-0.39, 0.29) is 23.4 Å². The van der Waals surface area contributed by atoms with Gasteiger partial charge in [-0.05, 0) is 38.1 Å². The van der Waals surface area contributed by atoms with Crippen LogP contribution in [-0.2, 0) is 19.2 Å². The predicted molar refractivity (Wildman–Crippen MR) is 130 cm³/mol. The van der Waals surface area contributed by atoms with Gasteiger partial charge < -0.3 is 10.4 Å². The summed E-state index contributed by atoms with van der Waals surface area (Å²) in [5, 5.41) is 18.2. The lowest BCUT2D eigenvalue weighted by Gasteiger charge is -2.18. The van der Waals surface area contributed by atoms with E-state index in [0.29, 0.717) is 33.7 Å². The van der Waals surface area contributed by atoms with Gasteiger partial charge >= 0.3 is 0 Å². The van der Waals surface area contributed by atoms with Crippen LogP contribution in [-0.4, -0.2) is 39.2 Å². The average Bonchev–Trinajstić information content (AvgIpc) is 3.31. The number of fused-ring (bicyclic) bond motifs is 2. The fourth-order valence-corrected chi connectivity index (χ4v) is 3.90. The van der Waals surface area contributed by atoms with Gasteiger partial charge in [-0.15, -0.1) is 6.58 Å². The summed E-state index contributed by atoms with van der Waals surface area (Å²) < 4.78 is 19.1. The van der Waals surface area contributed by atoms with Crippen LogP contribution < -0.4 is 10.9 Å². The Labute approximate surface area is 199 Å². The Morgan fingerprint density at radius 1 is 1.20 bits per heavy atom. The van der Waals surface area contributed by atoms with Crippen LogP contribution in [0, 0.1) is 5.82 Å². The third kappa shape index (κ3) is 3.85. The van der Waals surface area contributed by atoms with Gasteiger partial charge in [-0.1, -0.05) is 12.1 Å². The first-order valence-corrected chi connectivity index (χ1v) is 10.9. The number of rotatable bonds is 6. The van der Waals surface area contributed by atoms with Crippen molar-refractivity contribution in [3.05, 3.63) is 77.2 Å². The molecule has 4 aromatic heterocycles. The minimum absolute atomic E-state index is 0.168. The molecule has 11 heteroatoms. The first-order valence-electron chi connectivity index (χ1n) is 10.9. The summed E-state index contributed by atoms with van der Waals surface area (Å²) >= 11 is 0. The van der Waals surface area contributed by atoms with Gasteiger partial charge in [0.1, 0.15) is 16.8 Å². The number of aliphatic hydroxyl groups is 1. The van der Waals surface area contributed by atoms with Crippen molar-refractivity contribution in [2.45, 2.75) is 26.0 Å². The molecule has 0 spiro atoms. The molecule has 1 aromatic carbocycles. The van der Waals surface area contributed by atoms with Crippen molar-refractivity contribution in [2.75, 3.05) is 5.32 Å². The molecule has 0 aliphatic rings. The number of aromatic nitrogens is 7. The molecule has 4 heterocycles. The molecule has 2 N–H and O–H groups in total. The average molecular weight is 475 g/mol. The molecule has 0 saturated carbocycles. The first-order chi connectivity index (χ1) is 16.7. The molecule has 0 fully saturated rings. The summed E-state index contributed by atoms with van der Waals surface area (Å²) in [6.45, 7) is 7.21. The third-order valence-corrected chi connectivity index (χ3v) is 5.63. The largest absolute Gasteiger partial charge is 0.384 e. The van der Waals surface area contributed by atoms with E-state index in [1.807, 2.05) is 0 Å². The van der Waals surface area contributed by atoms with Crippen LogP contribution in [0.3, 0.4) is 0 Å². The van der Waals surface area contributed by atoms with E-state index in [1.54, 1.807) is 60.6 Å². The zero-order chi connectivity index (χ0) is 24.9. The van der Waals surface area contributed by atoms with E-state index in [2.05, 4.69) is 31.9 Å². The fourth-order valence-electron chi connectivity index (χ4n) is 3.90. The number of hydrogen-bond acceptors (Lipinski definition) is 7. The smallest absolute Gasteiger partial charge is 0.278 e. The molecule has 0 aliphatic carbocycles. The van der Waals surface area contributed by atoms with Crippen LogP contribution in [0.1, 0.15) is 19.5 Å². The number of pyridine rings is 1. The van der Waals surface area contributed by atoms with E-state index in [4.69, 9.17) is 0 Å². The summed E-state index contributed by atoms with van der Waals surface area (Å²) in [7, 11) is 1.73. The van der Waals surface area contributed by atoms with Crippen molar-refractivity contribution < 1.29 is 9.50 Å². The molecule has 10 nitrogen and oxygen atoms in total. The van der Waals surface area contributed by atoms with Crippen molar-refractivity contribution in [1.82, 2.24) is 34.1 Å². The molecule has 0 amide bonds. The van der Waals surface area contributed by atoms with E-state index in [9.17, 15) is 14.3 Å². The number of benzene rings is 1. The summed E-state index contributed by atoms with van der Waals surface area (Å²) in [4.78, 5) is 26.5. The standard InChI is InChI=1S/C24H23FN8O2/c1-5-9-32-22(34)16-12-26-23(28-14-10-17(25)15-13-27-31(4)18(15)11-14)30-21(16)33(32)20-8-6-7-19(29-20)24(2,3)35/h5-8,10-13,35H,1,9H2,2-4H3,(H,26,28,30). The van der Waals surface area contributed by atoms with Crippen LogP contribution in [0.2, 0.25) is 0 Å². The molecule has 5 aromatic rings. The second-order valence-electron chi connectivity index (χ2n) is 8.64. The van der Waals surface area contributed by atoms with Gasteiger partial charge in [0.15, 0.2) is 11.5 Å². The Kier molecular flexibility index (Phi) is 5.21. The second kappa shape index (κ2) is 8.13. The maximum Gasteiger partial charge on any atom is 0.278 e. The van der Waals surface area contributed by atoms with E-state index >= 15 is 0 Å². The highest BCUT2D eigenvalue weighted by Crippen LogP contribution is 2.25. The maximum absolute atomic E-state index is 14.6. The molecule has 0 atom stereocenters. The minimum Gasteiger partial charge on any atom is -0.384 e. The molecule has 0 saturated heterocycles. The fraction of sp³-hybridized carbons (Fsp3) is 0.208. The quantitative estimate of drug-likeness (QED) is 0.363. The van der Waals surface area contributed by atoms with Crippen molar-refractivity contribution in [3.63, 3.8) is 0 Å². The van der Waals surface area contributed by atoms with Crippen molar-refractivity contribution in [2.24, 2.45) is 7.05 Å². The molecular formula is C24H23FN8O2. The zero-order valence-corrected chi connectivity index (χ0v) is 19.4. The summed E-state index contributed by atoms with van der Waals surface area (Å²) in [5.41, 5.74) is 0.274. The van der Waals surface area contributed by atoms with E-state index in [0.717, 1.165) is 0 Å². The number of nitrogens with one attached hydrogen (secondary N) is 1. The Morgan fingerprint density at radius 2 is 2.00 bits per heavy atom. The Hall–Kier alpha value is -4.38. The number of anilines is 2. The number of halogens is 1. The highest BCUT2D eigenvalue weighted by atomic mass is 19.1. The van der Waals surface area contributed by atoms with Crippen molar-refractivity contribution in [3.8, 4) is 5.82 Å². The van der Waals surface area contributed by atoms with Crippen molar-refractivity contribution >= 4 is 33.6 Å². The van der Waals surface area contributed by atoms with Gasteiger partial charge in [-0.2, -0.15) is 10.1 Å². The molecule has 0 unspecified atom stereocenters. The van der Waals surface area contributed by atoms with Gasteiger partial charge in [0.2, 0.25) is 5.95 Å². The summed E-state index contributed by atoms with van der Waals surface area (Å²) in [6, 6.07) is 8.24. The Balaban J connectivity index is 1.67. The third-order valence-electron chi connectivity index (χ3n) is 5.63. The van der Waals surface area contributed by atoms with E-state index in [1.165, 1.54) is 23.1 Å².